The fraction of sp³-hybridized carbons (Fsp3) is 0.304. The van der Waals surface area contributed by atoms with Crippen LogP contribution >= 0.6 is 0 Å². The molecule has 4 aromatic carbocycles. The number of amides is 3. The second kappa shape index (κ2) is 18.5. The van der Waals surface area contributed by atoms with Crippen molar-refractivity contribution in [2.75, 3.05) is 20.1 Å². The largest absolute Gasteiger partial charge is 0.445 e. The Labute approximate surface area is 333 Å². The minimum atomic E-state index is -0.994. The predicted molar refractivity (Wildman–Crippen MR) is 214 cm³/mol. The van der Waals surface area contributed by atoms with E-state index in [0.717, 1.165) is 57.6 Å². The molecule has 5 aromatic rings. The molecule has 2 saturated heterocycles. The number of rotatable bonds is 14. The molecule has 2 fully saturated rings. The lowest BCUT2D eigenvalue weighted by molar-refractivity contribution is -0.275. The molecule has 2 aliphatic heterocycles. The summed E-state index contributed by atoms with van der Waals surface area (Å²) in [5.41, 5.74) is 7.14. The Morgan fingerprint density at radius 3 is 2.33 bits per heavy atom. The second-order valence-corrected chi connectivity index (χ2v) is 14.7. The van der Waals surface area contributed by atoms with E-state index < -0.39 is 24.3 Å². The molecule has 11 nitrogen and oxygen atoms in total. The number of aliphatic hydroxyl groups excluding tert-OH is 1. The summed E-state index contributed by atoms with van der Waals surface area (Å²) in [7, 11) is 2.10. The number of aromatic nitrogens is 1. The number of nitrogens with one attached hydrogen (secondary N) is 1. The third-order valence-electron chi connectivity index (χ3n) is 10.7. The molecule has 0 bridgehead atoms. The number of alkyl carbamates (subject to hydrolysis) is 1. The molecule has 1 unspecified atom stereocenters. The number of benzene rings is 4. The van der Waals surface area contributed by atoms with Crippen LogP contribution in [0.1, 0.15) is 59.2 Å². The third-order valence-corrected chi connectivity index (χ3v) is 10.7. The molecule has 1 aromatic heterocycles. The average molecular weight is 769 g/mol. The summed E-state index contributed by atoms with van der Waals surface area (Å²) >= 11 is 0. The quantitative estimate of drug-likeness (QED) is 0.118. The summed E-state index contributed by atoms with van der Waals surface area (Å²) in [6.45, 7) is 3.77. The molecule has 0 radical (unpaired) electrons. The number of pyridine rings is 1. The van der Waals surface area contributed by atoms with Crippen molar-refractivity contribution >= 4 is 17.9 Å². The highest BCUT2D eigenvalue weighted by Gasteiger charge is 2.41. The van der Waals surface area contributed by atoms with Crippen LogP contribution in [0.5, 0.6) is 0 Å². The Hall–Kier alpha value is -5.72. The molecule has 294 valence electrons. The number of imide groups is 1. The standard InChI is InChI=1S/C46H48N4O7/c1-31-41(28-49(2)25-23-38-13-8-9-24-47-38)56-45(57-43(31)35-17-15-32(29-51)16-18-35)36-21-19-34(20-22-36)39-14-7-6-12-37(39)27-50-42(52)26-40(44(50)53)48-46(54)55-30-33-10-4-3-5-11-33/h3-22,24,31,40-41,43,45,51H,23,25-30H2,1-2H3,(H,48,54)/t31-,40?,41+,43+,45+/m0/s1. The molecule has 57 heavy (non-hydrogen) atoms. The van der Waals surface area contributed by atoms with Gasteiger partial charge in [-0.1, -0.05) is 116 Å². The number of hydrogen-bond donors (Lipinski definition) is 2. The summed E-state index contributed by atoms with van der Waals surface area (Å²) in [6.07, 6.45) is 0.742. The van der Waals surface area contributed by atoms with Crippen molar-refractivity contribution in [3.05, 3.63) is 161 Å². The first-order valence-electron chi connectivity index (χ1n) is 19.3. The molecule has 3 heterocycles. The first kappa shape index (κ1) is 39.5. The fourth-order valence-corrected chi connectivity index (χ4v) is 7.38. The van der Waals surface area contributed by atoms with Crippen LogP contribution in [0.4, 0.5) is 4.79 Å². The Kier molecular flexibility index (Phi) is 12.8. The topological polar surface area (TPSA) is 131 Å². The zero-order valence-electron chi connectivity index (χ0n) is 32.2. The van der Waals surface area contributed by atoms with Gasteiger partial charge in [0.25, 0.3) is 5.91 Å². The Morgan fingerprint density at radius 2 is 1.60 bits per heavy atom. The number of ether oxygens (including phenoxy) is 3. The molecule has 0 aliphatic carbocycles. The van der Waals surface area contributed by atoms with E-state index in [0.29, 0.717) is 6.54 Å². The van der Waals surface area contributed by atoms with Gasteiger partial charge >= 0.3 is 6.09 Å². The molecule has 3 amide bonds. The van der Waals surface area contributed by atoms with Crippen LogP contribution in [-0.2, 0) is 50.0 Å². The SMILES string of the molecule is C[C@H]1[C@@H](CN(C)CCc2ccccn2)O[C@@H](c2ccc(-c3ccccc3CN3C(=O)CC(NC(=O)OCc4ccccc4)C3=O)cc2)O[C@H]1c1ccc(CO)cc1. The Balaban J connectivity index is 1.04. The zero-order valence-corrected chi connectivity index (χ0v) is 32.2. The van der Waals surface area contributed by atoms with E-state index >= 15 is 0 Å². The fourth-order valence-electron chi connectivity index (χ4n) is 7.38. The smallest absolute Gasteiger partial charge is 0.408 e. The van der Waals surface area contributed by atoms with Crippen LogP contribution < -0.4 is 5.32 Å². The van der Waals surface area contributed by atoms with Gasteiger partial charge in [-0.2, -0.15) is 0 Å². The van der Waals surface area contributed by atoms with Gasteiger partial charge in [-0.15, -0.1) is 0 Å². The molecule has 11 heteroatoms. The van der Waals surface area contributed by atoms with Crippen molar-refractivity contribution in [1.29, 1.82) is 0 Å². The summed E-state index contributed by atoms with van der Waals surface area (Å²) in [5.74, 6) is -0.799. The summed E-state index contributed by atoms with van der Waals surface area (Å²) < 4.78 is 18.7. The van der Waals surface area contributed by atoms with Crippen LogP contribution in [0.3, 0.4) is 0 Å². The van der Waals surface area contributed by atoms with Gasteiger partial charge in [-0.25, -0.2) is 4.79 Å². The number of likely N-dealkylation sites (N-methyl/N-ethyl adjacent to an activating group) is 1. The van der Waals surface area contributed by atoms with Gasteiger partial charge in [0.05, 0.1) is 31.8 Å². The maximum Gasteiger partial charge on any atom is 0.408 e. The van der Waals surface area contributed by atoms with Crippen molar-refractivity contribution in [2.45, 2.75) is 64.1 Å². The van der Waals surface area contributed by atoms with Crippen LogP contribution in [0.15, 0.2) is 128 Å². The maximum atomic E-state index is 13.4. The minimum Gasteiger partial charge on any atom is -0.445 e. The second-order valence-electron chi connectivity index (χ2n) is 14.7. The van der Waals surface area contributed by atoms with Crippen molar-refractivity contribution in [1.82, 2.24) is 20.1 Å². The molecule has 2 aliphatic rings. The number of aliphatic hydroxyl groups is 1. The molecule has 5 atom stereocenters. The highest BCUT2D eigenvalue weighted by atomic mass is 16.7. The molecular formula is C46H48N4O7. The van der Waals surface area contributed by atoms with Gasteiger partial charge in [0.1, 0.15) is 12.6 Å². The zero-order chi connectivity index (χ0) is 39.7. The van der Waals surface area contributed by atoms with E-state index in [1.807, 2.05) is 128 Å². The number of carbonyl (C=O) groups is 3. The van der Waals surface area contributed by atoms with Crippen LogP contribution in [0.25, 0.3) is 11.1 Å². The van der Waals surface area contributed by atoms with Crippen molar-refractivity contribution in [3.63, 3.8) is 0 Å². The van der Waals surface area contributed by atoms with Gasteiger partial charge in [0, 0.05) is 42.9 Å². The molecular weight excluding hydrogens is 721 g/mol. The van der Waals surface area contributed by atoms with Gasteiger partial charge in [-0.3, -0.25) is 19.5 Å². The number of nitrogens with zero attached hydrogens (tertiary/aromatic N) is 3. The summed E-state index contributed by atoms with van der Waals surface area (Å²) in [4.78, 5) is 46.9. The monoisotopic (exact) mass is 768 g/mol. The highest BCUT2D eigenvalue weighted by Crippen LogP contribution is 2.42. The van der Waals surface area contributed by atoms with Gasteiger partial charge in [-0.05, 0) is 52.6 Å². The average Bonchev–Trinajstić information content (AvgIpc) is 3.51. The minimum absolute atomic E-state index is 0.0271. The highest BCUT2D eigenvalue weighted by molar-refractivity contribution is 6.06. The van der Waals surface area contributed by atoms with Crippen molar-refractivity contribution in [3.8, 4) is 11.1 Å². The predicted octanol–water partition coefficient (Wildman–Crippen LogP) is 6.76. The van der Waals surface area contributed by atoms with Crippen molar-refractivity contribution < 1.29 is 33.7 Å². The first-order chi connectivity index (χ1) is 27.7. The Morgan fingerprint density at radius 1 is 0.877 bits per heavy atom. The van der Waals surface area contributed by atoms with Crippen LogP contribution in [0.2, 0.25) is 0 Å². The van der Waals surface area contributed by atoms with E-state index in [1.54, 1.807) is 0 Å². The van der Waals surface area contributed by atoms with Gasteiger partial charge in [0.15, 0.2) is 6.29 Å². The summed E-state index contributed by atoms with van der Waals surface area (Å²) in [6, 6.07) is 37.7. The van der Waals surface area contributed by atoms with E-state index in [1.165, 1.54) is 4.90 Å². The van der Waals surface area contributed by atoms with E-state index in [9.17, 15) is 19.5 Å². The van der Waals surface area contributed by atoms with E-state index in [4.69, 9.17) is 14.2 Å². The molecule has 7 rings (SSSR count). The third kappa shape index (κ3) is 9.81. The number of likely N-dealkylation sites (tertiary alicyclic amines) is 1. The normalized spacial score (nSPS) is 20.8. The van der Waals surface area contributed by atoms with Crippen molar-refractivity contribution in [2.24, 2.45) is 5.92 Å². The van der Waals surface area contributed by atoms with Crippen LogP contribution in [-0.4, -0.2) is 70.1 Å². The number of carbonyl (C=O) groups excluding carboxylic acids is 3. The lowest BCUT2D eigenvalue weighted by Gasteiger charge is -2.42. The van der Waals surface area contributed by atoms with Gasteiger partial charge in [0.2, 0.25) is 5.91 Å². The molecule has 0 spiro atoms. The van der Waals surface area contributed by atoms with E-state index in [-0.39, 0.29) is 50.2 Å². The van der Waals surface area contributed by atoms with E-state index in [2.05, 4.69) is 29.2 Å². The van der Waals surface area contributed by atoms with Crippen LogP contribution in [0, 0.1) is 5.92 Å². The number of hydrogen-bond acceptors (Lipinski definition) is 9. The van der Waals surface area contributed by atoms with Gasteiger partial charge < -0.3 is 29.5 Å². The first-order valence-corrected chi connectivity index (χ1v) is 19.3. The summed E-state index contributed by atoms with van der Waals surface area (Å²) in [5, 5.41) is 12.2. The molecule has 0 saturated carbocycles. The molecule has 2 N–H and O–H groups in total. The maximum absolute atomic E-state index is 13.4. The Bertz CT molecular complexity index is 2120. The lowest BCUT2D eigenvalue weighted by Crippen LogP contribution is -2.43. The lowest BCUT2D eigenvalue weighted by atomic mass is 9.90.